The second kappa shape index (κ2) is 4.90. The van der Waals surface area contributed by atoms with Gasteiger partial charge in [0.15, 0.2) is 0 Å². The molecule has 0 saturated heterocycles. The smallest absolute Gasteiger partial charge is 0.0521 e. The molecule has 0 saturated carbocycles. The summed E-state index contributed by atoms with van der Waals surface area (Å²) in [6.07, 6.45) is 0. The molecule has 19 heavy (non-hydrogen) atoms. The van der Waals surface area contributed by atoms with Crippen LogP contribution in [-0.2, 0) is 5.41 Å². The first-order chi connectivity index (χ1) is 8.82. The second-order valence-electron chi connectivity index (χ2n) is 5.94. The number of benzene rings is 2. The Bertz CT molecular complexity index is 609. The van der Waals surface area contributed by atoms with E-state index in [2.05, 4.69) is 45.0 Å². The van der Waals surface area contributed by atoms with Gasteiger partial charge in [-0.25, -0.2) is 0 Å². The lowest BCUT2D eigenvalue weighted by Gasteiger charge is -2.22. The average molecular weight is 274 g/mol. The van der Waals surface area contributed by atoms with Gasteiger partial charge in [-0.05, 0) is 35.1 Å². The predicted molar refractivity (Wildman–Crippen MR) is 84.7 cm³/mol. The van der Waals surface area contributed by atoms with E-state index in [-0.39, 0.29) is 5.41 Å². The van der Waals surface area contributed by atoms with Gasteiger partial charge >= 0.3 is 0 Å². The fourth-order valence-corrected chi connectivity index (χ4v) is 2.78. The number of anilines is 1. The van der Waals surface area contributed by atoms with Crippen molar-refractivity contribution in [2.24, 2.45) is 0 Å². The number of nitrogen functional groups attached to an aromatic ring is 1. The molecule has 100 valence electrons. The normalized spacial score (nSPS) is 11.6. The second-order valence-corrected chi connectivity index (χ2v) is 6.31. The van der Waals surface area contributed by atoms with Gasteiger partial charge in [0.1, 0.15) is 0 Å². The zero-order valence-corrected chi connectivity index (χ0v) is 12.7. The lowest BCUT2D eigenvalue weighted by atomic mass is 9.85. The quantitative estimate of drug-likeness (QED) is 0.711. The van der Waals surface area contributed by atoms with Crippen molar-refractivity contribution in [2.45, 2.75) is 33.1 Å². The Morgan fingerprint density at radius 1 is 0.947 bits per heavy atom. The molecule has 0 radical (unpaired) electrons. The van der Waals surface area contributed by atoms with Crippen LogP contribution in [0.1, 0.15) is 31.9 Å². The predicted octanol–water partition coefficient (Wildman–Crippen LogP) is 5.20. The maximum Gasteiger partial charge on any atom is 0.0521 e. The summed E-state index contributed by atoms with van der Waals surface area (Å²) >= 11 is 6.61. The standard InChI is InChI=1S/C17H20ClN/c1-11-12(7-6-10-15(11)19)13-8-5-9-14(16(13)18)17(2,3)4/h5-10H,19H2,1-4H3. The Labute approximate surface area is 120 Å². The third-order valence-electron chi connectivity index (χ3n) is 3.47. The van der Waals surface area contributed by atoms with Crippen LogP contribution in [-0.4, -0.2) is 0 Å². The van der Waals surface area contributed by atoms with E-state index in [9.17, 15) is 0 Å². The molecule has 0 heterocycles. The number of hydrogen-bond acceptors (Lipinski definition) is 1. The third kappa shape index (κ3) is 2.62. The van der Waals surface area contributed by atoms with Crippen LogP contribution in [0.15, 0.2) is 36.4 Å². The lowest BCUT2D eigenvalue weighted by Crippen LogP contribution is -2.12. The van der Waals surface area contributed by atoms with Gasteiger partial charge in [-0.15, -0.1) is 0 Å². The van der Waals surface area contributed by atoms with E-state index in [0.29, 0.717) is 0 Å². The molecule has 0 aromatic heterocycles. The molecule has 2 aromatic rings. The van der Waals surface area contributed by atoms with Gasteiger partial charge in [0.2, 0.25) is 0 Å². The van der Waals surface area contributed by atoms with Crippen molar-refractivity contribution < 1.29 is 0 Å². The van der Waals surface area contributed by atoms with Crippen LogP contribution in [0.4, 0.5) is 5.69 Å². The number of rotatable bonds is 1. The number of halogens is 1. The van der Waals surface area contributed by atoms with Crippen molar-refractivity contribution in [2.75, 3.05) is 5.73 Å². The van der Waals surface area contributed by atoms with Gasteiger partial charge in [-0.3, -0.25) is 0 Å². The van der Waals surface area contributed by atoms with E-state index >= 15 is 0 Å². The maximum absolute atomic E-state index is 6.61. The van der Waals surface area contributed by atoms with E-state index < -0.39 is 0 Å². The van der Waals surface area contributed by atoms with Gasteiger partial charge in [0.25, 0.3) is 0 Å². The molecule has 0 unspecified atom stereocenters. The average Bonchev–Trinajstić information content (AvgIpc) is 2.32. The topological polar surface area (TPSA) is 26.0 Å². The summed E-state index contributed by atoms with van der Waals surface area (Å²) in [5.41, 5.74) is 11.2. The van der Waals surface area contributed by atoms with E-state index in [4.69, 9.17) is 17.3 Å². The summed E-state index contributed by atoms with van der Waals surface area (Å²) < 4.78 is 0. The van der Waals surface area contributed by atoms with Gasteiger partial charge in [0.05, 0.1) is 5.02 Å². The maximum atomic E-state index is 6.61. The molecular weight excluding hydrogens is 254 g/mol. The summed E-state index contributed by atoms with van der Waals surface area (Å²) in [6.45, 7) is 8.55. The third-order valence-corrected chi connectivity index (χ3v) is 3.88. The minimum atomic E-state index is 0.0291. The van der Waals surface area contributed by atoms with Crippen molar-refractivity contribution in [3.8, 4) is 11.1 Å². The van der Waals surface area contributed by atoms with Crippen molar-refractivity contribution >= 4 is 17.3 Å². The Hall–Kier alpha value is -1.47. The highest BCUT2D eigenvalue weighted by Gasteiger charge is 2.20. The Morgan fingerprint density at radius 2 is 1.53 bits per heavy atom. The fraction of sp³-hybridized carbons (Fsp3) is 0.294. The Balaban J connectivity index is 2.68. The Kier molecular flexibility index (Phi) is 3.60. The summed E-state index contributed by atoms with van der Waals surface area (Å²) in [7, 11) is 0. The molecule has 0 bridgehead atoms. The van der Waals surface area contributed by atoms with Crippen molar-refractivity contribution in [1.29, 1.82) is 0 Å². The molecule has 2 heteroatoms. The molecule has 2 aromatic carbocycles. The van der Waals surface area contributed by atoms with E-state index in [1.807, 2.05) is 19.1 Å². The van der Waals surface area contributed by atoms with Crippen LogP contribution in [0.5, 0.6) is 0 Å². The van der Waals surface area contributed by atoms with Gasteiger partial charge in [-0.1, -0.05) is 62.7 Å². The summed E-state index contributed by atoms with van der Waals surface area (Å²) in [5, 5.41) is 0.823. The summed E-state index contributed by atoms with van der Waals surface area (Å²) in [6, 6.07) is 12.2. The molecule has 0 fully saturated rings. The molecule has 0 aliphatic carbocycles. The van der Waals surface area contributed by atoms with Gasteiger partial charge < -0.3 is 5.73 Å². The van der Waals surface area contributed by atoms with E-state index in [1.54, 1.807) is 0 Å². The zero-order chi connectivity index (χ0) is 14.2. The molecule has 1 nitrogen and oxygen atoms in total. The largest absolute Gasteiger partial charge is 0.398 e. The fourth-order valence-electron chi connectivity index (χ4n) is 2.26. The number of nitrogens with two attached hydrogens (primary N) is 1. The van der Waals surface area contributed by atoms with Crippen molar-refractivity contribution in [1.82, 2.24) is 0 Å². The molecule has 0 aliphatic heterocycles. The first-order valence-electron chi connectivity index (χ1n) is 6.47. The molecule has 0 aliphatic rings. The molecule has 2 rings (SSSR count). The molecule has 0 spiro atoms. The SMILES string of the molecule is Cc1c(N)cccc1-c1cccc(C(C)(C)C)c1Cl. The number of hydrogen-bond donors (Lipinski definition) is 1. The Morgan fingerprint density at radius 3 is 2.16 bits per heavy atom. The molecule has 2 N–H and O–H groups in total. The van der Waals surface area contributed by atoms with Crippen LogP contribution in [0.2, 0.25) is 5.02 Å². The van der Waals surface area contributed by atoms with Gasteiger partial charge in [0, 0.05) is 11.3 Å². The van der Waals surface area contributed by atoms with Crippen LogP contribution in [0.3, 0.4) is 0 Å². The van der Waals surface area contributed by atoms with Crippen molar-refractivity contribution in [3.05, 3.63) is 52.5 Å². The minimum absolute atomic E-state index is 0.0291. The van der Waals surface area contributed by atoms with Crippen LogP contribution in [0, 0.1) is 6.92 Å². The minimum Gasteiger partial charge on any atom is -0.398 e. The van der Waals surface area contributed by atoms with Crippen molar-refractivity contribution in [3.63, 3.8) is 0 Å². The van der Waals surface area contributed by atoms with Crippen LogP contribution in [0.25, 0.3) is 11.1 Å². The van der Waals surface area contributed by atoms with E-state index in [1.165, 1.54) is 0 Å². The van der Waals surface area contributed by atoms with E-state index in [0.717, 1.165) is 33.0 Å². The zero-order valence-electron chi connectivity index (χ0n) is 11.9. The summed E-state index contributed by atoms with van der Waals surface area (Å²) in [4.78, 5) is 0. The van der Waals surface area contributed by atoms with Crippen LogP contribution < -0.4 is 5.73 Å². The molecule has 0 amide bonds. The van der Waals surface area contributed by atoms with Gasteiger partial charge in [-0.2, -0.15) is 0 Å². The lowest BCUT2D eigenvalue weighted by molar-refractivity contribution is 0.591. The first-order valence-corrected chi connectivity index (χ1v) is 6.84. The summed E-state index contributed by atoms with van der Waals surface area (Å²) in [5.74, 6) is 0. The first kappa shape index (κ1) is 14.0. The molecule has 0 atom stereocenters. The highest BCUT2D eigenvalue weighted by molar-refractivity contribution is 6.34. The monoisotopic (exact) mass is 273 g/mol. The highest BCUT2D eigenvalue weighted by atomic mass is 35.5. The molecular formula is C17H20ClN. The highest BCUT2D eigenvalue weighted by Crippen LogP contribution is 2.38. The van der Waals surface area contributed by atoms with Crippen LogP contribution >= 0.6 is 11.6 Å².